The molecule has 0 unspecified atom stereocenters. The smallest absolute Gasteiger partial charge is 0.261 e. The van der Waals surface area contributed by atoms with Crippen LogP contribution in [0.2, 0.25) is 0 Å². The number of nitrogens with zero attached hydrogens (tertiary/aromatic N) is 1. The first kappa shape index (κ1) is 18.6. The minimum absolute atomic E-state index is 0.116. The van der Waals surface area contributed by atoms with Crippen molar-refractivity contribution < 1.29 is 19.1 Å². The van der Waals surface area contributed by atoms with Crippen molar-refractivity contribution in [2.24, 2.45) is 0 Å². The Kier molecular flexibility index (Phi) is 4.72. The molecule has 4 rings (SSSR count). The Morgan fingerprint density at radius 1 is 0.828 bits per heavy atom. The summed E-state index contributed by atoms with van der Waals surface area (Å²) in [4.78, 5) is 37.8. The van der Waals surface area contributed by atoms with E-state index in [1.807, 2.05) is 55.5 Å². The second-order valence-electron chi connectivity index (χ2n) is 7.09. The average Bonchev–Trinajstić information content (AvgIpc) is 2.95. The fourth-order valence-electron chi connectivity index (χ4n) is 3.24. The van der Waals surface area contributed by atoms with Gasteiger partial charge in [0, 0.05) is 19.0 Å². The molecule has 0 aromatic heterocycles. The number of ether oxygens (including phenoxy) is 1. The first-order valence-corrected chi connectivity index (χ1v) is 9.25. The zero-order chi connectivity index (χ0) is 20.5. The molecular formula is C24H19NO4. The van der Waals surface area contributed by atoms with Crippen LogP contribution in [0, 0.1) is 6.92 Å². The summed E-state index contributed by atoms with van der Waals surface area (Å²) in [6, 6.07) is 19.8. The summed E-state index contributed by atoms with van der Waals surface area (Å²) in [5.41, 5.74) is 3.04. The molecule has 1 aliphatic heterocycles. The molecule has 0 saturated carbocycles. The van der Waals surface area contributed by atoms with Crippen molar-refractivity contribution >= 4 is 17.6 Å². The van der Waals surface area contributed by atoms with Crippen molar-refractivity contribution in [3.8, 4) is 11.5 Å². The molecule has 0 spiro atoms. The Bertz CT molecular complexity index is 1110. The number of rotatable bonds is 5. The lowest BCUT2D eigenvalue weighted by molar-refractivity contribution is 0.0693. The summed E-state index contributed by atoms with van der Waals surface area (Å²) in [5.74, 6) is 0.608. The number of imide groups is 1. The average molecular weight is 385 g/mol. The predicted octanol–water partition coefficient (Wildman–Crippen LogP) is 4.44. The van der Waals surface area contributed by atoms with E-state index in [1.54, 1.807) is 12.1 Å². The highest BCUT2D eigenvalue weighted by molar-refractivity contribution is 6.21. The first-order chi connectivity index (χ1) is 13.9. The maximum Gasteiger partial charge on any atom is 0.261 e. The predicted molar refractivity (Wildman–Crippen MR) is 109 cm³/mol. The zero-order valence-electron chi connectivity index (χ0n) is 16.1. The zero-order valence-corrected chi connectivity index (χ0v) is 16.1. The van der Waals surface area contributed by atoms with Gasteiger partial charge in [-0.25, -0.2) is 0 Å². The Hall–Kier alpha value is -3.73. The van der Waals surface area contributed by atoms with Crippen molar-refractivity contribution in [3.05, 3.63) is 94.5 Å². The van der Waals surface area contributed by atoms with Gasteiger partial charge in [-0.1, -0.05) is 35.9 Å². The second-order valence-corrected chi connectivity index (χ2v) is 7.09. The van der Waals surface area contributed by atoms with Crippen LogP contribution in [0.25, 0.3) is 0 Å². The van der Waals surface area contributed by atoms with Gasteiger partial charge in [0.25, 0.3) is 11.8 Å². The molecule has 1 heterocycles. The summed E-state index contributed by atoms with van der Waals surface area (Å²) >= 11 is 0. The van der Waals surface area contributed by atoms with E-state index in [0.29, 0.717) is 16.9 Å². The monoisotopic (exact) mass is 385 g/mol. The Morgan fingerprint density at radius 3 is 2.07 bits per heavy atom. The number of Topliss-reactive ketones (excluding diaryl/α,β-unsaturated/α-hetero) is 1. The Morgan fingerprint density at radius 2 is 1.41 bits per heavy atom. The minimum atomic E-state index is -0.378. The lowest BCUT2D eigenvalue weighted by Crippen LogP contribution is -2.24. The van der Waals surface area contributed by atoms with E-state index in [-0.39, 0.29) is 29.6 Å². The second kappa shape index (κ2) is 7.36. The minimum Gasteiger partial charge on any atom is -0.457 e. The van der Waals surface area contributed by atoms with Gasteiger partial charge in [0.05, 0.1) is 11.1 Å². The van der Waals surface area contributed by atoms with E-state index in [4.69, 9.17) is 4.74 Å². The van der Waals surface area contributed by atoms with E-state index in [2.05, 4.69) is 0 Å². The molecule has 0 atom stereocenters. The third kappa shape index (κ3) is 3.67. The molecule has 0 N–H and O–H groups in total. The van der Waals surface area contributed by atoms with Crippen LogP contribution in [0.5, 0.6) is 11.5 Å². The normalized spacial score (nSPS) is 12.8. The quantitative estimate of drug-likeness (QED) is 0.481. The molecule has 0 radical (unpaired) electrons. The molecular weight excluding hydrogens is 366 g/mol. The highest BCUT2D eigenvalue weighted by Crippen LogP contribution is 2.25. The molecule has 5 nitrogen and oxygen atoms in total. The number of carbonyl (C=O) groups excluding carboxylic acids is 3. The topological polar surface area (TPSA) is 63.7 Å². The fourth-order valence-corrected chi connectivity index (χ4v) is 3.24. The van der Waals surface area contributed by atoms with Gasteiger partial charge < -0.3 is 4.74 Å². The summed E-state index contributed by atoms with van der Waals surface area (Å²) in [7, 11) is 1.44. The molecule has 0 bridgehead atoms. The van der Waals surface area contributed by atoms with Crippen LogP contribution >= 0.6 is 0 Å². The molecule has 144 valence electrons. The number of hydrogen-bond donors (Lipinski definition) is 0. The maximum atomic E-state index is 12.7. The summed E-state index contributed by atoms with van der Waals surface area (Å²) in [5, 5.41) is 0. The molecule has 29 heavy (non-hydrogen) atoms. The van der Waals surface area contributed by atoms with Gasteiger partial charge >= 0.3 is 0 Å². The molecule has 0 aliphatic carbocycles. The van der Waals surface area contributed by atoms with Gasteiger partial charge in [-0.2, -0.15) is 0 Å². The van der Waals surface area contributed by atoms with Crippen LogP contribution in [0.4, 0.5) is 0 Å². The molecule has 0 saturated heterocycles. The number of ketones is 1. The number of fused-ring (bicyclic) bond motifs is 1. The highest BCUT2D eigenvalue weighted by atomic mass is 16.5. The van der Waals surface area contributed by atoms with Crippen molar-refractivity contribution in [3.63, 3.8) is 0 Å². The van der Waals surface area contributed by atoms with E-state index in [9.17, 15) is 14.4 Å². The number of benzene rings is 3. The summed E-state index contributed by atoms with van der Waals surface area (Å²) < 4.78 is 5.80. The summed E-state index contributed by atoms with van der Waals surface area (Å²) in [6.45, 7) is 2.02. The number of aryl methyl sites for hydroxylation is 1. The van der Waals surface area contributed by atoms with Crippen molar-refractivity contribution in [1.29, 1.82) is 0 Å². The van der Waals surface area contributed by atoms with E-state index in [1.165, 1.54) is 13.1 Å². The lowest BCUT2D eigenvalue weighted by atomic mass is 9.99. The van der Waals surface area contributed by atoms with Crippen LogP contribution in [0.1, 0.15) is 42.2 Å². The number of hydrogen-bond acceptors (Lipinski definition) is 4. The SMILES string of the molecule is Cc1ccc(Oc2ccc(CC(=O)c3ccc4c(c3)C(=O)N(C)C4=O)cc2)cc1. The van der Waals surface area contributed by atoms with Gasteiger partial charge in [-0.3, -0.25) is 19.3 Å². The highest BCUT2D eigenvalue weighted by Gasteiger charge is 2.33. The van der Waals surface area contributed by atoms with E-state index < -0.39 is 0 Å². The number of amides is 2. The van der Waals surface area contributed by atoms with Crippen LogP contribution < -0.4 is 4.74 Å². The molecule has 0 fully saturated rings. The number of carbonyl (C=O) groups is 3. The van der Waals surface area contributed by atoms with Gasteiger partial charge in [-0.05, 0) is 48.9 Å². The largest absolute Gasteiger partial charge is 0.457 e. The van der Waals surface area contributed by atoms with E-state index in [0.717, 1.165) is 21.8 Å². The van der Waals surface area contributed by atoms with Gasteiger partial charge in [0.2, 0.25) is 0 Å². The Labute approximate surface area is 168 Å². The van der Waals surface area contributed by atoms with Crippen LogP contribution in [-0.2, 0) is 6.42 Å². The van der Waals surface area contributed by atoms with Crippen LogP contribution in [-0.4, -0.2) is 29.5 Å². The molecule has 3 aromatic rings. The van der Waals surface area contributed by atoms with Gasteiger partial charge in [0.15, 0.2) is 5.78 Å². The fraction of sp³-hybridized carbons (Fsp3) is 0.125. The first-order valence-electron chi connectivity index (χ1n) is 9.25. The van der Waals surface area contributed by atoms with Crippen molar-refractivity contribution in [2.75, 3.05) is 7.05 Å². The van der Waals surface area contributed by atoms with E-state index >= 15 is 0 Å². The molecule has 2 amide bonds. The third-order valence-electron chi connectivity index (χ3n) is 4.96. The van der Waals surface area contributed by atoms with Crippen molar-refractivity contribution in [2.45, 2.75) is 13.3 Å². The van der Waals surface area contributed by atoms with Gasteiger partial charge in [-0.15, -0.1) is 0 Å². The molecule has 5 heteroatoms. The lowest BCUT2D eigenvalue weighted by Gasteiger charge is -2.07. The third-order valence-corrected chi connectivity index (χ3v) is 4.96. The molecule has 3 aromatic carbocycles. The standard InChI is InChI=1S/C24H19NO4/c1-15-3-8-18(9-4-15)29-19-10-5-16(6-11-19)13-22(26)17-7-12-20-21(14-17)24(28)25(2)23(20)27/h3-12,14H,13H2,1-2H3. The van der Waals surface area contributed by atoms with Crippen LogP contribution in [0.3, 0.4) is 0 Å². The summed E-state index contributed by atoms with van der Waals surface area (Å²) in [6.07, 6.45) is 0.196. The Balaban J connectivity index is 1.46. The van der Waals surface area contributed by atoms with Gasteiger partial charge in [0.1, 0.15) is 11.5 Å². The van der Waals surface area contributed by atoms with Crippen LogP contribution in [0.15, 0.2) is 66.7 Å². The molecule has 1 aliphatic rings. The van der Waals surface area contributed by atoms with Crippen molar-refractivity contribution in [1.82, 2.24) is 4.90 Å². The maximum absolute atomic E-state index is 12.7.